The predicted molar refractivity (Wildman–Crippen MR) is 53.7 cm³/mol. The molecule has 1 aliphatic rings. The van der Waals surface area contributed by atoms with Crippen LogP contribution in [0.25, 0.3) is 0 Å². The van der Waals surface area contributed by atoms with Crippen LogP contribution in [0.1, 0.15) is 39.0 Å². The molecule has 1 fully saturated rings. The van der Waals surface area contributed by atoms with E-state index in [1.165, 1.54) is 6.92 Å². The number of nitrogens with one attached hydrogen (secondary N) is 2. The SMILES string of the molecule is CNC(=O)C1(NC(C)=O)CCCCC1. The summed E-state index contributed by atoms with van der Waals surface area (Å²) in [5, 5.41) is 5.42. The van der Waals surface area contributed by atoms with Crippen molar-refractivity contribution in [1.82, 2.24) is 10.6 Å². The Morgan fingerprint density at radius 2 is 1.71 bits per heavy atom. The summed E-state index contributed by atoms with van der Waals surface area (Å²) in [4.78, 5) is 22.7. The first-order valence-electron chi connectivity index (χ1n) is 5.12. The van der Waals surface area contributed by atoms with Crippen LogP contribution in [0.15, 0.2) is 0 Å². The van der Waals surface area contributed by atoms with E-state index in [1.807, 2.05) is 0 Å². The molecule has 0 bridgehead atoms. The number of hydrogen-bond donors (Lipinski definition) is 2. The Morgan fingerprint density at radius 1 is 1.14 bits per heavy atom. The van der Waals surface area contributed by atoms with Gasteiger partial charge in [-0.1, -0.05) is 19.3 Å². The quantitative estimate of drug-likeness (QED) is 0.681. The Bertz CT molecular complexity index is 232. The van der Waals surface area contributed by atoms with Gasteiger partial charge in [0.15, 0.2) is 0 Å². The molecule has 0 saturated heterocycles. The van der Waals surface area contributed by atoms with E-state index in [1.54, 1.807) is 7.05 Å². The minimum Gasteiger partial charge on any atom is -0.357 e. The molecule has 0 aliphatic heterocycles. The van der Waals surface area contributed by atoms with Crippen molar-refractivity contribution in [2.45, 2.75) is 44.6 Å². The summed E-state index contributed by atoms with van der Waals surface area (Å²) in [6.07, 6.45) is 4.68. The molecule has 0 radical (unpaired) electrons. The number of amides is 2. The van der Waals surface area contributed by atoms with Gasteiger partial charge >= 0.3 is 0 Å². The normalized spacial score (nSPS) is 19.9. The Balaban J connectivity index is 2.76. The second-order valence-electron chi connectivity index (χ2n) is 3.90. The fraction of sp³-hybridized carbons (Fsp3) is 0.800. The molecule has 0 aromatic carbocycles. The van der Waals surface area contributed by atoms with E-state index in [4.69, 9.17) is 0 Å². The highest BCUT2D eigenvalue weighted by atomic mass is 16.2. The van der Waals surface area contributed by atoms with Crippen LogP contribution in [0.5, 0.6) is 0 Å². The molecule has 1 saturated carbocycles. The third kappa shape index (κ3) is 2.25. The standard InChI is InChI=1S/C10H18N2O2/c1-8(13)12-10(9(14)11-2)6-4-3-5-7-10/h3-7H2,1-2H3,(H,11,14)(H,12,13). The molecule has 0 heterocycles. The molecule has 0 unspecified atom stereocenters. The van der Waals surface area contributed by atoms with Crippen LogP contribution in [-0.2, 0) is 9.59 Å². The maximum Gasteiger partial charge on any atom is 0.245 e. The van der Waals surface area contributed by atoms with Gasteiger partial charge in [-0.2, -0.15) is 0 Å². The third-order valence-electron chi connectivity index (χ3n) is 2.78. The first-order valence-corrected chi connectivity index (χ1v) is 5.12. The van der Waals surface area contributed by atoms with E-state index in [2.05, 4.69) is 10.6 Å². The summed E-state index contributed by atoms with van der Waals surface area (Å²) in [5.41, 5.74) is -0.640. The maximum atomic E-state index is 11.7. The van der Waals surface area contributed by atoms with E-state index in [9.17, 15) is 9.59 Å². The summed E-state index contributed by atoms with van der Waals surface area (Å²) in [5.74, 6) is -0.192. The lowest BCUT2D eigenvalue weighted by molar-refractivity contribution is -0.133. The largest absolute Gasteiger partial charge is 0.357 e. The molecule has 80 valence electrons. The van der Waals surface area contributed by atoms with Crippen molar-refractivity contribution in [3.63, 3.8) is 0 Å². The Morgan fingerprint density at radius 3 is 2.14 bits per heavy atom. The van der Waals surface area contributed by atoms with Crippen LogP contribution < -0.4 is 10.6 Å². The fourth-order valence-corrected chi connectivity index (χ4v) is 2.14. The second kappa shape index (κ2) is 4.44. The van der Waals surface area contributed by atoms with Crippen molar-refractivity contribution >= 4 is 11.8 Å². The zero-order valence-electron chi connectivity index (χ0n) is 8.85. The summed E-state index contributed by atoms with van der Waals surface area (Å²) in [7, 11) is 1.61. The third-order valence-corrected chi connectivity index (χ3v) is 2.78. The molecule has 1 aliphatic carbocycles. The topological polar surface area (TPSA) is 58.2 Å². The molecule has 0 aromatic rings. The van der Waals surface area contributed by atoms with Crippen LogP contribution in [0.2, 0.25) is 0 Å². The summed E-state index contributed by atoms with van der Waals surface area (Å²) >= 11 is 0. The molecule has 0 atom stereocenters. The van der Waals surface area contributed by atoms with Gasteiger partial charge in [-0.15, -0.1) is 0 Å². The minimum absolute atomic E-state index is 0.0626. The lowest BCUT2D eigenvalue weighted by Gasteiger charge is -2.35. The first kappa shape index (κ1) is 11.0. The van der Waals surface area contributed by atoms with E-state index in [-0.39, 0.29) is 11.8 Å². The Hall–Kier alpha value is -1.06. The number of carbonyl (C=O) groups is 2. The van der Waals surface area contributed by atoms with E-state index in [0.29, 0.717) is 0 Å². The average molecular weight is 198 g/mol. The van der Waals surface area contributed by atoms with E-state index >= 15 is 0 Å². The molecule has 4 heteroatoms. The second-order valence-corrected chi connectivity index (χ2v) is 3.90. The number of carbonyl (C=O) groups excluding carboxylic acids is 2. The molecule has 2 amide bonds. The molecule has 0 aromatic heterocycles. The van der Waals surface area contributed by atoms with E-state index < -0.39 is 5.54 Å². The highest BCUT2D eigenvalue weighted by Crippen LogP contribution is 2.28. The first-order chi connectivity index (χ1) is 6.60. The molecular weight excluding hydrogens is 180 g/mol. The lowest BCUT2D eigenvalue weighted by atomic mass is 9.81. The van der Waals surface area contributed by atoms with E-state index in [0.717, 1.165) is 32.1 Å². The van der Waals surface area contributed by atoms with Gasteiger partial charge in [0.1, 0.15) is 5.54 Å². The summed E-state index contributed by atoms with van der Waals surface area (Å²) in [6, 6.07) is 0. The van der Waals surface area contributed by atoms with Crippen molar-refractivity contribution < 1.29 is 9.59 Å². The predicted octanol–water partition coefficient (Wildman–Crippen LogP) is 0.571. The number of rotatable bonds is 2. The van der Waals surface area contributed by atoms with Crippen molar-refractivity contribution in [3.05, 3.63) is 0 Å². The summed E-state index contributed by atoms with van der Waals surface area (Å²) in [6.45, 7) is 1.46. The van der Waals surface area contributed by atoms with Gasteiger partial charge in [-0.3, -0.25) is 9.59 Å². The maximum absolute atomic E-state index is 11.7. The van der Waals surface area contributed by atoms with Crippen molar-refractivity contribution in [1.29, 1.82) is 0 Å². The molecule has 4 nitrogen and oxygen atoms in total. The fourth-order valence-electron chi connectivity index (χ4n) is 2.14. The Labute approximate surface area is 84.4 Å². The van der Waals surface area contributed by atoms with Crippen LogP contribution in [0.3, 0.4) is 0 Å². The number of hydrogen-bond acceptors (Lipinski definition) is 2. The van der Waals surface area contributed by atoms with Crippen molar-refractivity contribution in [2.24, 2.45) is 0 Å². The van der Waals surface area contributed by atoms with Crippen LogP contribution >= 0.6 is 0 Å². The van der Waals surface area contributed by atoms with Crippen LogP contribution in [-0.4, -0.2) is 24.4 Å². The lowest BCUT2D eigenvalue weighted by Crippen LogP contribution is -2.58. The summed E-state index contributed by atoms with van der Waals surface area (Å²) < 4.78 is 0. The zero-order valence-corrected chi connectivity index (χ0v) is 8.85. The van der Waals surface area contributed by atoms with Gasteiger partial charge in [-0.25, -0.2) is 0 Å². The molecule has 2 N–H and O–H groups in total. The zero-order chi connectivity index (χ0) is 10.6. The Kier molecular flexibility index (Phi) is 3.49. The van der Waals surface area contributed by atoms with Gasteiger partial charge in [0.25, 0.3) is 0 Å². The minimum atomic E-state index is -0.640. The molecule has 14 heavy (non-hydrogen) atoms. The number of likely N-dealkylation sites (N-methyl/N-ethyl adjacent to an activating group) is 1. The van der Waals surface area contributed by atoms with Crippen LogP contribution in [0, 0.1) is 0 Å². The smallest absolute Gasteiger partial charge is 0.245 e. The van der Waals surface area contributed by atoms with Gasteiger partial charge in [-0.05, 0) is 12.8 Å². The molecule has 1 rings (SSSR count). The molecule has 0 spiro atoms. The van der Waals surface area contributed by atoms with Crippen molar-refractivity contribution in [2.75, 3.05) is 7.05 Å². The van der Waals surface area contributed by atoms with Gasteiger partial charge in [0.05, 0.1) is 0 Å². The monoisotopic (exact) mass is 198 g/mol. The average Bonchev–Trinajstić information content (AvgIpc) is 2.17. The van der Waals surface area contributed by atoms with Crippen LogP contribution in [0.4, 0.5) is 0 Å². The highest BCUT2D eigenvalue weighted by molar-refractivity contribution is 5.90. The molecular formula is C10H18N2O2. The van der Waals surface area contributed by atoms with Gasteiger partial charge < -0.3 is 10.6 Å². The van der Waals surface area contributed by atoms with Gasteiger partial charge in [0.2, 0.25) is 11.8 Å². The highest BCUT2D eigenvalue weighted by Gasteiger charge is 2.39. The van der Waals surface area contributed by atoms with Crippen molar-refractivity contribution in [3.8, 4) is 0 Å². The van der Waals surface area contributed by atoms with Gasteiger partial charge in [0, 0.05) is 14.0 Å².